The van der Waals surface area contributed by atoms with Crippen molar-refractivity contribution in [3.63, 3.8) is 0 Å². The topological polar surface area (TPSA) is 41.6 Å². The van der Waals surface area contributed by atoms with E-state index in [1.54, 1.807) is 6.07 Å². The Kier molecular flexibility index (Phi) is 4.07. The lowest BCUT2D eigenvalue weighted by molar-refractivity contribution is 0.976. The predicted octanol–water partition coefficient (Wildman–Crippen LogP) is 4.89. The molecule has 0 radical (unpaired) electrons. The third-order valence-electron chi connectivity index (χ3n) is 3.12. The summed E-state index contributed by atoms with van der Waals surface area (Å²) in [5.41, 5.74) is 3.22. The van der Waals surface area contributed by atoms with Crippen LogP contribution in [0.5, 0.6) is 0 Å². The van der Waals surface area contributed by atoms with Crippen molar-refractivity contribution in [3.8, 4) is 11.8 Å². The summed E-state index contributed by atoms with van der Waals surface area (Å²) in [6.45, 7) is 0. The number of nitrogens with zero attached hydrogens (tertiary/aromatic N) is 3. The standard InChI is InChI=1S/C15H8Cl2IN3/c16-7-15-20-12-3-1-9(8-19)5-14(12)21(15)13-4-2-10(17)6-11(13)18/h1-6H,7H2. The van der Waals surface area contributed by atoms with Gasteiger partial charge in [-0.25, -0.2) is 4.98 Å². The van der Waals surface area contributed by atoms with Gasteiger partial charge in [0.1, 0.15) is 5.82 Å². The van der Waals surface area contributed by atoms with Gasteiger partial charge in [-0.15, -0.1) is 11.6 Å². The molecule has 21 heavy (non-hydrogen) atoms. The maximum absolute atomic E-state index is 9.09. The Morgan fingerprint density at radius 1 is 1.24 bits per heavy atom. The van der Waals surface area contributed by atoms with Crippen LogP contribution in [-0.4, -0.2) is 9.55 Å². The number of halogens is 3. The van der Waals surface area contributed by atoms with E-state index in [9.17, 15) is 0 Å². The molecule has 3 rings (SSSR count). The first-order valence-electron chi connectivity index (χ1n) is 6.07. The lowest BCUT2D eigenvalue weighted by atomic mass is 10.2. The molecule has 0 bridgehead atoms. The molecule has 3 nitrogen and oxygen atoms in total. The zero-order chi connectivity index (χ0) is 15.0. The second kappa shape index (κ2) is 5.84. The van der Waals surface area contributed by atoms with E-state index in [0.29, 0.717) is 10.6 Å². The largest absolute Gasteiger partial charge is 0.294 e. The summed E-state index contributed by atoms with van der Waals surface area (Å²) in [4.78, 5) is 4.53. The predicted molar refractivity (Wildman–Crippen MR) is 93.1 cm³/mol. The van der Waals surface area contributed by atoms with Gasteiger partial charge >= 0.3 is 0 Å². The molecule has 0 aliphatic rings. The molecular formula is C15H8Cl2IN3. The molecule has 0 unspecified atom stereocenters. The highest BCUT2D eigenvalue weighted by molar-refractivity contribution is 14.1. The van der Waals surface area contributed by atoms with Crippen LogP contribution in [0.1, 0.15) is 11.4 Å². The summed E-state index contributed by atoms with van der Waals surface area (Å²) in [7, 11) is 0. The number of imidazole rings is 1. The molecule has 1 aromatic heterocycles. The molecule has 0 N–H and O–H groups in total. The van der Waals surface area contributed by atoms with E-state index in [2.05, 4.69) is 33.6 Å². The van der Waals surface area contributed by atoms with Crippen molar-refractivity contribution in [2.24, 2.45) is 0 Å². The van der Waals surface area contributed by atoms with Crippen molar-refractivity contribution in [1.82, 2.24) is 9.55 Å². The van der Waals surface area contributed by atoms with Crippen LogP contribution in [0.3, 0.4) is 0 Å². The quantitative estimate of drug-likeness (QED) is 0.431. The number of benzene rings is 2. The SMILES string of the molecule is N#Cc1ccc2nc(CCl)n(-c3ccc(Cl)cc3I)c2c1. The smallest absolute Gasteiger partial charge is 0.129 e. The molecule has 0 atom stereocenters. The Balaban J connectivity index is 2.36. The molecule has 0 amide bonds. The molecule has 0 fully saturated rings. The summed E-state index contributed by atoms with van der Waals surface area (Å²) in [6.07, 6.45) is 0. The van der Waals surface area contributed by atoms with Crippen molar-refractivity contribution in [1.29, 1.82) is 5.26 Å². The van der Waals surface area contributed by atoms with Crippen LogP contribution in [0.15, 0.2) is 36.4 Å². The van der Waals surface area contributed by atoms with Gasteiger partial charge in [-0.2, -0.15) is 5.26 Å². The summed E-state index contributed by atoms with van der Waals surface area (Å²) in [5.74, 6) is 1.02. The lowest BCUT2D eigenvalue weighted by Crippen LogP contribution is -2.01. The summed E-state index contributed by atoms with van der Waals surface area (Å²) in [5, 5.41) is 9.77. The zero-order valence-corrected chi connectivity index (χ0v) is 14.3. The highest BCUT2D eigenvalue weighted by Gasteiger charge is 2.14. The van der Waals surface area contributed by atoms with Crippen LogP contribution < -0.4 is 0 Å². The van der Waals surface area contributed by atoms with Crippen molar-refractivity contribution in [2.45, 2.75) is 5.88 Å². The van der Waals surface area contributed by atoms with Crippen LogP contribution in [-0.2, 0) is 5.88 Å². The van der Waals surface area contributed by atoms with Gasteiger partial charge < -0.3 is 0 Å². The van der Waals surface area contributed by atoms with Crippen molar-refractivity contribution in [3.05, 3.63) is 56.4 Å². The highest BCUT2D eigenvalue weighted by Crippen LogP contribution is 2.28. The fourth-order valence-electron chi connectivity index (χ4n) is 2.22. The second-order valence-corrected chi connectivity index (χ2v) is 6.27. The van der Waals surface area contributed by atoms with Gasteiger partial charge in [0.25, 0.3) is 0 Å². The molecule has 0 saturated heterocycles. The van der Waals surface area contributed by atoms with E-state index in [1.807, 2.05) is 34.9 Å². The van der Waals surface area contributed by atoms with Crippen molar-refractivity contribution < 1.29 is 0 Å². The van der Waals surface area contributed by atoms with Crippen molar-refractivity contribution >= 4 is 56.8 Å². The van der Waals surface area contributed by atoms with Gasteiger partial charge in [-0.3, -0.25) is 4.57 Å². The Hall–Kier alpha value is -1.29. The van der Waals surface area contributed by atoms with Crippen LogP contribution in [0.4, 0.5) is 0 Å². The number of hydrogen-bond acceptors (Lipinski definition) is 2. The zero-order valence-electron chi connectivity index (χ0n) is 10.6. The van der Waals surface area contributed by atoms with E-state index < -0.39 is 0 Å². The molecule has 1 heterocycles. The Morgan fingerprint density at radius 3 is 2.71 bits per heavy atom. The first-order valence-corrected chi connectivity index (χ1v) is 8.06. The number of fused-ring (bicyclic) bond motifs is 1. The van der Waals surface area contributed by atoms with Crippen LogP contribution in [0.2, 0.25) is 5.02 Å². The second-order valence-electron chi connectivity index (χ2n) is 4.41. The molecule has 0 aliphatic heterocycles. The third-order valence-corrected chi connectivity index (χ3v) is 4.46. The Morgan fingerprint density at radius 2 is 2.05 bits per heavy atom. The summed E-state index contributed by atoms with van der Waals surface area (Å²) in [6, 6.07) is 13.2. The van der Waals surface area contributed by atoms with E-state index >= 15 is 0 Å². The first kappa shape index (κ1) is 14.6. The minimum Gasteiger partial charge on any atom is -0.294 e. The fourth-order valence-corrected chi connectivity index (χ4v) is 3.51. The van der Waals surface area contributed by atoms with E-state index in [-0.39, 0.29) is 5.88 Å². The first-order chi connectivity index (χ1) is 10.1. The maximum atomic E-state index is 9.09. The minimum absolute atomic E-state index is 0.287. The minimum atomic E-state index is 0.287. The number of alkyl halides is 1. The summed E-state index contributed by atoms with van der Waals surface area (Å²) < 4.78 is 2.97. The molecule has 3 aromatic rings. The van der Waals surface area contributed by atoms with Gasteiger partial charge in [-0.05, 0) is 59.0 Å². The van der Waals surface area contributed by atoms with E-state index in [4.69, 9.17) is 28.5 Å². The highest BCUT2D eigenvalue weighted by atomic mass is 127. The van der Waals surface area contributed by atoms with E-state index in [0.717, 1.165) is 26.1 Å². The van der Waals surface area contributed by atoms with Gasteiger partial charge in [0.15, 0.2) is 0 Å². The van der Waals surface area contributed by atoms with E-state index in [1.165, 1.54) is 0 Å². The van der Waals surface area contributed by atoms with Crippen LogP contribution in [0.25, 0.3) is 16.7 Å². The number of rotatable bonds is 2. The molecule has 0 spiro atoms. The number of nitriles is 1. The Bertz CT molecular complexity index is 880. The van der Waals surface area contributed by atoms with Gasteiger partial charge in [0, 0.05) is 8.59 Å². The monoisotopic (exact) mass is 427 g/mol. The molecule has 6 heteroatoms. The van der Waals surface area contributed by atoms with Crippen LogP contribution >= 0.6 is 45.8 Å². The lowest BCUT2D eigenvalue weighted by Gasteiger charge is -2.10. The maximum Gasteiger partial charge on any atom is 0.129 e. The molecule has 2 aromatic carbocycles. The van der Waals surface area contributed by atoms with Gasteiger partial charge in [0.05, 0.1) is 34.2 Å². The molecule has 0 aliphatic carbocycles. The molecule has 104 valence electrons. The number of aromatic nitrogens is 2. The van der Waals surface area contributed by atoms with Gasteiger partial charge in [-0.1, -0.05) is 11.6 Å². The van der Waals surface area contributed by atoms with Crippen LogP contribution in [0, 0.1) is 14.9 Å². The molecular weight excluding hydrogens is 420 g/mol. The third kappa shape index (κ3) is 2.61. The average Bonchev–Trinajstić information content (AvgIpc) is 2.84. The normalized spacial score (nSPS) is 10.8. The fraction of sp³-hybridized carbons (Fsp3) is 0.0667. The number of hydrogen-bond donors (Lipinski definition) is 0. The average molecular weight is 428 g/mol. The molecule has 0 saturated carbocycles. The van der Waals surface area contributed by atoms with Crippen molar-refractivity contribution in [2.75, 3.05) is 0 Å². The summed E-state index contributed by atoms with van der Waals surface area (Å²) >= 11 is 14.3. The Labute approximate surface area is 145 Å². The van der Waals surface area contributed by atoms with Gasteiger partial charge in [0.2, 0.25) is 0 Å².